The molecule has 1 aliphatic heterocycles. The summed E-state index contributed by atoms with van der Waals surface area (Å²) in [6, 6.07) is 15.2. The van der Waals surface area contributed by atoms with E-state index >= 15 is 0 Å². The highest BCUT2D eigenvalue weighted by atomic mass is 32.2. The average molecular weight is 515 g/mol. The molecule has 3 aromatic rings. The van der Waals surface area contributed by atoms with Crippen molar-refractivity contribution in [3.63, 3.8) is 0 Å². The standard InChI is InChI=1S/C27H28F2N2O4S/c1-18(35-2)19-8-11-26(25(29)16-19)30-12-14-31(15-13-30)27(32)23-17-20(36(3,33)34)9-10-21(23)22-6-4-5-7-24(22)28/h4-11,16-18H,12-15H2,1-3H3. The highest BCUT2D eigenvalue weighted by Crippen LogP contribution is 2.31. The number of halogens is 2. The van der Waals surface area contributed by atoms with Crippen LogP contribution >= 0.6 is 0 Å². The molecule has 0 radical (unpaired) electrons. The van der Waals surface area contributed by atoms with Gasteiger partial charge in [0.15, 0.2) is 9.84 Å². The van der Waals surface area contributed by atoms with Crippen LogP contribution in [0, 0.1) is 11.6 Å². The molecule has 0 saturated carbocycles. The Labute approximate surface area is 210 Å². The first-order valence-electron chi connectivity index (χ1n) is 11.6. The molecule has 0 aromatic heterocycles. The van der Waals surface area contributed by atoms with E-state index in [1.165, 1.54) is 30.3 Å². The van der Waals surface area contributed by atoms with Gasteiger partial charge in [-0.1, -0.05) is 30.3 Å². The number of ether oxygens (including phenoxy) is 1. The minimum absolute atomic E-state index is 0.0166. The monoisotopic (exact) mass is 514 g/mol. The Kier molecular flexibility index (Phi) is 7.42. The Balaban J connectivity index is 1.59. The van der Waals surface area contributed by atoms with Gasteiger partial charge in [-0.2, -0.15) is 0 Å². The van der Waals surface area contributed by atoms with Gasteiger partial charge in [0, 0.05) is 50.7 Å². The van der Waals surface area contributed by atoms with E-state index in [1.54, 1.807) is 36.3 Å². The first-order valence-corrected chi connectivity index (χ1v) is 13.4. The lowest BCUT2D eigenvalue weighted by molar-refractivity contribution is 0.0747. The Morgan fingerprint density at radius 1 is 0.917 bits per heavy atom. The summed E-state index contributed by atoms with van der Waals surface area (Å²) in [5, 5.41) is 0. The van der Waals surface area contributed by atoms with Gasteiger partial charge in [0.2, 0.25) is 0 Å². The van der Waals surface area contributed by atoms with Gasteiger partial charge >= 0.3 is 0 Å². The van der Waals surface area contributed by atoms with Crippen LogP contribution < -0.4 is 4.90 Å². The zero-order chi connectivity index (χ0) is 26.0. The molecule has 1 saturated heterocycles. The fourth-order valence-corrected chi connectivity index (χ4v) is 4.98. The topological polar surface area (TPSA) is 66.9 Å². The summed E-state index contributed by atoms with van der Waals surface area (Å²) in [5.41, 5.74) is 1.83. The Morgan fingerprint density at radius 2 is 1.61 bits per heavy atom. The van der Waals surface area contributed by atoms with Gasteiger partial charge in [0.05, 0.1) is 16.7 Å². The van der Waals surface area contributed by atoms with Crippen molar-refractivity contribution in [2.24, 2.45) is 0 Å². The van der Waals surface area contributed by atoms with Crippen molar-refractivity contribution in [1.29, 1.82) is 0 Å². The van der Waals surface area contributed by atoms with Gasteiger partial charge < -0.3 is 14.5 Å². The molecule has 1 amide bonds. The fourth-order valence-electron chi connectivity index (χ4n) is 4.33. The second-order valence-corrected chi connectivity index (χ2v) is 10.8. The normalized spacial score (nSPS) is 15.1. The summed E-state index contributed by atoms with van der Waals surface area (Å²) in [4.78, 5) is 17.0. The summed E-state index contributed by atoms with van der Waals surface area (Å²) in [6.07, 6.45) is 0.833. The van der Waals surface area contributed by atoms with E-state index in [4.69, 9.17) is 4.74 Å². The summed E-state index contributed by atoms with van der Waals surface area (Å²) >= 11 is 0. The molecule has 3 aromatic carbocycles. The van der Waals surface area contributed by atoms with E-state index in [1.807, 2.05) is 17.9 Å². The van der Waals surface area contributed by atoms with Crippen molar-refractivity contribution in [2.45, 2.75) is 17.9 Å². The second-order valence-electron chi connectivity index (χ2n) is 8.83. The van der Waals surface area contributed by atoms with Crippen molar-refractivity contribution in [3.8, 4) is 11.1 Å². The summed E-state index contributed by atoms with van der Waals surface area (Å²) in [7, 11) is -2.02. The first kappa shape index (κ1) is 25.8. The molecule has 0 spiro atoms. The van der Waals surface area contributed by atoms with Gasteiger partial charge in [0.25, 0.3) is 5.91 Å². The Hall–Kier alpha value is -3.30. The van der Waals surface area contributed by atoms with E-state index in [2.05, 4.69) is 0 Å². The number of amides is 1. The van der Waals surface area contributed by atoms with Crippen LogP contribution in [0.3, 0.4) is 0 Å². The van der Waals surface area contributed by atoms with Gasteiger partial charge in [-0.05, 0) is 48.4 Å². The molecule has 1 heterocycles. The molecule has 0 N–H and O–H groups in total. The predicted molar refractivity (Wildman–Crippen MR) is 135 cm³/mol. The van der Waals surface area contributed by atoms with Gasteiger partial charge in [-0.3, -0.25) is 4.79 Å². The molecule has 9 heteroatoms. The van der Waals surface area contributed by atoms with Gasteiger partial charge in [-0.25, -0.2) is 17.2 Å². The number of methoxy groups -OCH3 is 1. The lowest BCUT2D eigenvalue weighted by Gasteiger charge is -2.36. The van der Waals surface area contributed by atoms with Crippen LogP contribution in [0.5, 0.6) is 0 Å². The number of hydrogen-bond donors (Lipinski definition) is 0. The van der Waals surface area contributed by atoms with Crippen LogP contribution in [0.25, 0.3) is 11.1 Å². The summed E-state index contributed by atoms with van der Waals surface area (Å²) in [6.45, 7) is 3.22. The molecular weight excluding hydrogens is 486 g/mol. The largest absolute Gasteiger partial charge is 0.377 e. The molecule has 1 fully saturated rings. The molecule has 4 rings (SSSR count). The minimum atomic E-state index is -3.58. The summed E-state index contributed by atoms with van der Waals surface area (Å²) < 4.78 is 59.0. The number of benzene rings is 3. The van der Waals surface area contributed by atoms with E-state index in [0.29, 0.717) is 37.4 Å². The van der Waals surface area contributed by atoms with Crippen molar-refractivity contribution in [3.05, 3.63) is 83.4 Å². The maximum Gasteiger partial charge on any atom is 0.254 e. The molecule has 1 unspecified atom stereocenters. The maximum absolute atomic E-state index is 14.8. The number of hydrogen-bond acceptors (Lipinski definition) is 5. The van der Waals surface area contributed by atoms with Crippen LogP contribution in [0.4, 0.5) is 14.5 Å². The van der Waals surface area contributed by atoms with E-state index < -0.39 is 21.6 Å². The quantitative estimate of drug-likeness (QED) is 0.477. The predicted octanol–water partition coefficient (Wildman–Crippen LogP) is 4.71. The Bertz CT molecular complexity index is 1390. The highest BCUT2D eigenvalue weighted by Gasteiger charge is 2.27. The number of sulfone groups is 1. The molecule has 0 aliphatic carbocycles. The number of piperazine rings is 1. The number of anilines is 1. The van der Waals surface area contributed by atoms with Crippen molar-refractivity contribution < 1.29 is 26.7 Å². The van der Waals surface area contributed by atoms with Gasteiger partial charge in [-0.15, -0.1) is 0 Å². The lowest BCUT2D eigenvalue weighted by Crippen LogP contribution is -2.49. The van der Waals surface area contributed by atoms with Crippen LogP contribution in [0.15, 0.2) is 65.6 Å². The second kappa shape index (κ2) is 10.4. The zero-order valence-corrected chi connectivity index (χ0v) is 21.2. The molecule has 0 bridgehead atoms. The molecule has 1 atom stereocenters. The Morgan fingerprint density at radius 3 is 2.22 bits per heavy atom. The zero-order valence-electron chi connectivity index (χ0n) is 20.4. The van der Waals surface area contributed by atoms with E-state index in [0.717, 1.165) is 11.8 Å². The molecule has 190 valence electrons. The van der Waals surface area contributed by atoms with Crippen LogP contribution in [0.2, 0.25) is 0 Å². The van der Waals surface area contributed by atoms with Crippen LogP contribution in [0.1, 0.15) is 28.9 Å². The molecule has 36 heavy (non-hydrogen) atoms. The average Bonchev–Trinajstić information content (AvgIpc) is 2.87. The third-order valence-corrected chi connectivity index (χ3v) is 7.63. The van der Waals surface area contributed by atoms with Crippen LogP contribution in [-0.4, -0.2) is 58.8 Å². The number of carbonyl (C=O) groups is 1. The number of nitrogens with zero attached hydrogens (tertiary/aromatic N) is 2. The fraction of sp³-hybridized carbons (Fsp3) is 0.296. The maximum atomic E-state index is 14.8. The summed E-state index contributed by atoms with van der Waals surface area (Å²) in [5.74, 6) is -1.27. The smallest absolute Gasteiger partial charge is 0.254 e. The van der Waals surface area contributed by atoms with E-state index in [-0.39, 0.29) is 27.9 Å². The van der Waals surface area contributed by atoms with Crippen molar-refractivity contribution >= 4 is 21.4 Å². The molecular formula is C27H28F2N2O4S. The van der Waals surface area contributed by atoms with Gasteiger partial charge in [0.1, 0.15) is 11.6 Å². The number of carbonyl (C=O) groups excluding carboxylic acids is 1. The number of rotatable bonds is 6. The first-order chi connectivity index (χ1) is 17.1. The lowest BCUT2D eigenvalue weighted by atomic mass is 9.98. The van der Waals surface area contributed by atoms with Crippen molar-refractivity contribution in [1.82, 2.24) is 4.90 Å². The molecule has 6 nitrogen and oxygen atoms in total. The third-order valence-electron chi connectivity index (χ3n) is 6.52. The van der Waals surface area contributed by atoms with Crippen LogP contribution in [-0.2, 0) is 14.6 Å². The van der Waals surface area contributed by atoms with Crippen molar-refractivity contribution in [2.75, 3.05) is 44.4 Å². The molecule has 1 aliphatic rings. The SMILES string of the molecule is COC(C)c1ccc(N2CCN(C(=O)c3cc(S(C)(=O)=O)ccc3-c3ccccc3F)CC2)c(F)c1. The van der Waals surface area contributed by atoms with E-state index in [9.17, 15) is 22.0 Å². The minimum Gasteiger partial charge on any atom is -0.377 e. The highest BCUT2D eigenvalue weighted by molar-refractivity contribution is 7.90. The third kappa shape index (κ3) is 5.27.